The third kappa shape index (κ3) is 7.56. The molecule has 7 nitrogen and oxygen atoms in total. The number of halogens is 1. The molecule has 224 valence electrons. The maximum Gasteiger partial charge on any atom is 0.324 e. The normalized spacial score (nSPS) is 14.7. The van der Waals surface area contributed by atoms with E-state index in [4.69, 9.17) is 5.10 Å². The number of hydrogen-bond donors (Lipinski definition) is 3. The lowest BCUT2D eigenvalue weighted by molar-refractivity contribution is -0.121. The summed E-state index contributed by atoms with van der Waals surface area (Å²) in [5.74, 6) is 0.0638. The number of nitrogens with one attached hydrogen (secondary N) is 3. The SMILES string of the molecule is Cc1ccc(-n2nc(C(C)(C)C)cc2NC(=O)Nc2cccc(C(C(=O)Cc3cccc(F)c3)C3CCNCC3)c2)cc1. The number of Topliss-reactive ketones (excluding diaryl/α,β-unsaturated/α-hetero) is 1. The van der Waals surface area contributed by atoms with Gasteiger partial charge in [0.05, 0.1) is 11.4 Å². The Balaban J connectivity index is 1.37. The molecule has 1 saturated heterocycles. The number of urea groups is 1. The van der Waals surface area contributed by atoms with Gasteiger partial charge in [0.15, 0.2) is 0 Å². The molecule has 8 heteroatoms. The Kier molecular flexibility index (Phi) is 9.06. The van der Waals surface area contributed by atoms with E-state index in [0.717, 1.165) is 48.4 Å². The molecule has 0 spiro atoms. The number of rotatable bonds is 8. The lowest BCUT2D eigenvalue weighted by Gasteiger charge is -2.30. The minimum absolute atomic E-state index is 0.0517. The smallest absolute Gasteiger partial charge is 0.317 e. The number of nitrogens with zero attached hydrogens (tertiary/aromatic N) is 2. The number of aromatic nitrogens is 2. The molecule has 0 saturated carbocycles. The molecule has 0 aliphatic carbocycles. The molecule has 1 aromatic heterocycles. The maximum atomic E-state index is 13.9. The van der Waals surface area contributed by atoms with E-state index in [0.29, 0.717) is 17.1 Å². The number of carbonyl (C=O) groups is 2. The predicted octanol–water partition coefficient (Wildman–Crippen LogP) is 7.16. The minimum atomic E-state index is -0.407. The molecule has 2 amide bonds. The van der Waals surface area contributed by atoms with Crippen molar-refractivity contribution in [1.29, 1.82) is 0 Å². The zero-order valence-corrected chi connectivity index (χ0v) is 25.3. The quantitative estimate of drug-likeness (QED) is 0.206. The van der Waals surface area contributed by atoms with E-state index in [1.165, 1.54) is 12.1 Å². The summed E-state index contributed by atoms with van der Waals surface area (Å²) in [7, 11) is 0. The molecular formula is C35H40FN5O2. The lowest BCUT2D eigenvalue weighted by atomic mass is 9.76. The summed E-state index contributed by atoms with van der Waals surface area (Å²) in [4.78, 5) is 27.0. The largest absolute Gasteiger partial charge is 0.324 e. The fraction of sp³-hybridized carbons (Fsp3) is 0.343. The summed E-state index contributed by atoms with van der Waals surface area (Å²) in [6.45, 7) is 9.97. The second-order valence-electron chi connectivity index (χ2n) is 12.5. The van der Waals surface area contributed by atoms with Crippen molar-refractivity contribution in [3.8, 4) is 5.69 Å². The average molecular weight is 582 g/mol. The van der Waals surface area contributed by atoms with Gasteiger partial charge >= 0.3 is 6.03 Å². The number of aryl methyl sites for hydroxylation is 1. The van der Waals surface area contributed by atoms with Gasteiger partial charge in [-0.25, -0.2) is 13.9 Å². The molecule has 1 fully saturated rings. The highest BCUT2D eigenvalue weighted by Crippen LogP contribution is 2.34. The Labute approximate surface area is 252 Å². The number of piperidine rings is 1. The molecule has 0 bridgehead atoms. The van der Waals surface area contributed by atoms with Crippen molar-refractivity contribution < 1.29 is 14.0 Å². The lowest BCUT2D eigenvalue weighted by Crippen LogP contribution is -2.34. The zero-order chi connectivity index (χ0) is 30.6. The van der Waals surface area contributed by atoms with Gasteiger partial charge in [-0.3, -0.25) is 10.1 Å². The number of hydrogen-bond acceptors (Lipinski definition) is 4. The minimum Gasteiger partial charge on any atom is -0.317 e. The molecule has 0 radical (unpaired) electrons. The van der Waals surface area contributed by atoms with E-state index >= 15 is 0 Å². The first kappa shape index (κ1) is 30.2. The number of amides is 2. The van der Waals surface area contributed by atoms with Crippen LogP contribution in [-0.4, -0.2) is 34.7 Å². The Morgan fingerprint density at radius 2 is 1.70 bits per heavy atom. The topological polar surface area (TPSA) is 88.1 Å². The average Bonchev–Trinajstić information content (AvgIpc) is 3.38. The molecule has 3 N–H and O–H groups in total. The highest BCUT2D eigenvalue weighted by Gasteiger charge is 2.31. The van der Waals surface area contributed by atoms with Crippen molar-refractivity contribution >= 4 is 23.3 Å². The van der Waals surface area contributed by atoms with Crippen LogP contribution < -0.4 is 16.0 Å². The fourth-order valence-corrected chi connectivity index (χ4v) is 5.66. The first-order valence-corrected chi connectivity index (χ1v) is 14.9. The van der Waals surface area contributed by atoms with Crippen LogP contribution in [0.2, 0.25) is 0 Å². The molecular weight excluding hydrogens is 541 g/mol. The molecule has 2 heterocycles. The van der Waals surface area contributed by atoms with Gasteiger partial charge in [-0.15, -0.1) is 0 Å². The van der Waals surface area contributed by atoms with E-state index in [9.17, 15) is 14.0 Å². The van der Waals surface area contributed by atoms with E-state index in [1.54, 1.807) is 16.8 Å². The Morgan fingerprint density at radius 3 is 2.40 bits per heavy atom. The molecule has 43 heavy (non-hydrogen) atoms. The Bertz CT molecular complexity index is 1580. The molecule has 5 rings (SSSR count). The Morgan fingerprint density at radius 1 is 0.977 bits per heavy atom. The van der Waals surface area contributed by atoms with Crippen LogP contribution in [0.15, 0.2) is 78.9 Å². The number of ketones is 1. The van der Waals surface area contributed by atoms with Gasteiger partial charge in [-0.1, -0.05) is 62.7 Å². The summed E-state index contributed by atoms with van der Waals surface area (Å²) in [6, 6.07) is 23.2. The molecule has 1 unspecified atom stereocenters. The van der Waals surface area contributed by atoms with Gasteiger partial charge in [0.2, 0.25) is 0 Å². The van der Waals surface area contributed by atoms with Crippen LogP contribution >= 0.6 is 0 Å². The third-order valence-corrected chi connectivity index (χ3v) is 7.97. The van der Waals surface area contributed by atoms with Crippen LogP contribution in [0.1, 0.15) is 61.9 Å². The van der Waals surface area contributed by atoms with Gasteiger partial charge in [0.25, 0.3) is 0 Å². The van der Waals surface area contributed by atoms with Crippen molar-refractivity contribution in [3.05, 3.63) is 107 Å². The third-order valence-electron chi connectivity index (χ3n) is 7.97. The van der Waals surface area contributed by atoms with Gasteiger partial charge < -0.3 is 10.6 Å². The van der Waals surface area contributed by atoms with E-state index in [1.807, 2.05) is 61.5 Å². The van der Waals surface area contributed by atoms with Crippen molar-refractivity contribution in [3.63, 3.8) is 0 Å². The van der Waals surface area contributed by atoms with Gasteiger partial charge in [0.1, 0.15) is 17.4 Å². The van der Waals surface area contributed by atoms with Crippen LogP contribution in [0, 0.1) is 18.7 Å². The van der Waals surface area contributed by atoms with Crippen molar-refractivity contribution in [1.82, 2.24) is 15.1 Å². The molecule has 1 aliphatic heterocycles. The predicted molar refractivity (Wildman–Crippen MR) is 170 cm³/mol. The zero-order valence-electron chi connectivity index (χ0n) is 25.3. The first-order chi connectivity index (χ1) is 20.6. The standard InChI is InChI=1S/C35H40FN5O2/c1-23-11-13-29(14-12-23)41-32(22-31(40-41)35(2,3)4)39-34(43)38-28-10-6-8-26(21-28)33(25-15-17-37-18-16-25)30(42)20-24-7-5-9-27(36)19-24/h5-14,19,21-22,25,33,37H,15-18,20H2,1-4H3,(H2,38,39,43). The summed E-state index contributed by atoms with van der Waals surface area (Å²) in [5, 5.41) is 14.1. The first-order valence-electron chi connectivity index (χ1n) is 14.9. The highest BCUT2D eigenvalue weighted by molar-refractivity contribution is 5.99. The van der Waals surface area contributed by atoms with E-state index in [-0.39, 0.29) is 35.3 Å². The Hall–Kier alpha value is -4.30. The van der Waals surface area contributed by atoms with Gasteiger partial charge in [0, 0.05) is 29.5 Å². The van der Waals surface area contributed by atoms with Crippen LogP contribution in [0.3, 0.4) is 0 Å². The molecule has 4 aromatic rings. The van der Waals surface area contributed by atoms with Crippen molar-refractivity contribution in [2.75, 3.05) is 23.7 Å². The summed E-state index contributed by atoms with van der Waals surface area (Å²) >= 11 is 0. The van der Waals surface area contributed by atoms with E-state index < -0.39 is 6.03 Å². The summed E-state index contributed by atoms with van der Waals surface area (Å²) < 4.78 is 15.6. The molecule has 3 aromatic carbocycles. The second kappa shape index (κ2) is 12.9. The van der Waals surface area contributed by atoms with Crippen LogP contribution in [0.4, 0.5) is 20.7 Å². The highest BCUT2D eigenvalue weighted by atomic mass is 19.1. The van der Waals surface area contributed by atoms with Crippen molar-refractivity contribution in [2.45, 2.75) is 58.3 Å². The monoisotopic (exact) mass is 581 g/mol. The number of carbonyl (C=O) groups excluding carboxylic acids is 2. The van der Waals surface area contributed by atoms with E-state index in [2.05, 4.69) is 36.7 Å². The summed E-state index contributed by atoms with van der Waals surface area (Å²) in [6.07, 6.45) is 1.90. The number of benzene rings is 3. The summed E-state index contributed by atoms with van der Waals surface area (Å²) in [5.41, 5.74) is 4.73. The number of anilines is 2. The van der Waals surface area contributed by atoms with Crippen molar-refractivity contribution in [2.24, 2.45) is 5.92 Å². The fourth-order valence-electron chi connectivity index (χ4n) is 5.66. The van der Waals surface area contributed by atoms with Gasteiger partial charge in [-0.2, -0.15) is 5.10 Å². The van der Waals surface area contributed by atoms with Crippen LogP contribution in [0.25, 0.3) is 5.69 Å². The maximum absolute atomic E-state index is 13.9. The van der Waals surface area contributed by atoms with Crippen LogP contribution in [-0.2, 0) is 16.6 Å². The second-order valence-corrected chi connectivity index (χ2v) is 12.5. The van der Waals surface area contributed by atoms with Crippen LogP contribution in [0.5, 0.6) is 0 Å². The molecule has 1 aliphatic rings. The molecule has 1 atom stereocenters. The van der Waals surface area contributed by atoms with Gasteiger partial charge in [-0.05, 0) is 86.3 Å².